The Balaban J connectivity index is 2.12. The number of carbonyl (C=O) groups excluding carboxylic acids is 1. The fraction of sp³-hybridized carbons (Fsp3) is 0.357. The van der Waals surface area contributed by atoms with Gasteiger partial charge in [0.25, 0.3) is 0 Å². The number of rotatable bonds is 4. The molecule has 0 fully saturated rings. The standard InChI is InChI=1S/C14H16ClNO2/c1-9(2)7-16-14(17)5-10-8-18-13-4-3-11(15)6-12(10)13/h3-4,6,8-9H,5,7H2,1-2H3,(H,16,17). The molecule has 0 aliphatic heterocycles. The molecule has 0 unspecified atom stereocenters. The highest BCUT2D eigenvalue weighted by atomic mass is 35.5. The van der Waals surface area contributed by atoms with Gasteiger partial charge in [-0.15, -0.1) is 0 Å². The van der Waals surface area contributed by atoms with Crippen LogP contribution in [-0.2, 0) is 11.2 Å². The number of halogens is 1. The highest BCUT2D eigenvalue weighted by Gasteiger charge is 2.10. The summed E-state index contributed by atoms with van der Waals surface area (Å²) in [7, 11) is 0. The molecule has 2 rings (SSSR count). The number of amides is 1. The molecule has 0 aliphatic rings. The maximum absolute atomic E-state index is 11.8. The Morgan fingerprint density at radius 1 is 1.44 bits per heavy atom. The van der Waals surface area contributed by atoms with Crippen molar-refractivity contribution in [3.05, 3.63) is 35.0 Å². The Morgan fingerprint density at radius 3 is 2.94 bits per heavy atom. The zero-order chi connectivity index (χ0) is 13.1. The van der Waals surface area contributed by atoms with Gasteiger partial charge in [-0.05, 0) is 24.1 Å². The molecule has 1 aromatic carbocycles. The van der Waals surface area contributed by atoms with Crippen LogP contribution >= 0.6 is 11.6 Å². The predicted molar refractivity (Wildman–Crippen MR) is 72.8 cm³/mol. The number of furan rings is 1. The van der Waals surface area contributed by atoms with Gasteiger partial charge in [0.2, 0.25) is 5.91 Å². The minimum absolute atomic E-state index is 0.00590. The van der Waals surface area contributed by atoms with E-state index in [1.54, 1.807) is 12.3 Å². The van der Waals surface area contributed by atoms with Crippen LogP contribution in [0.3, 0.4) is 0 Å². The van der Waals surface area contributed by atoms with Crippen molar-refractivity contribution in [1.82, 2.24) is 5.32 Å². The third-order valence-electron chi connectivity index (χ3n) is 2.67. The average Bonchev–Trinajstić information content (AvgIpc) is 2.69. The van der Waals surface area contributed by atoms with Crippen molar-refractivity contribution in [1.29, 1.82) is 0 Å². The summed E-state index contributed by atoms with van der Waals surface area (Å²) in [5.41, 5.74) is 1.62. The quantitative estimate of drug-likeness (QED) is 0.921. The number of nitrogens with one attached hydrogen (secondary N) is 1. The van der Waals surface area contributed by atoms with Crippen molar-refractivity contribution in [2.24, 2.45) is 5.92 Å². The lowest BCUT2D eigenvalue weighted by atomic mass is 10.1. The lowest BCUT2D eigenvalue weighted by molar-refractivity contribution is -0.120. The van der Waals surface area contributed by atoms with Crippen LogP contribution in [0.5, 0.6) is 0 Å². The van der Waals surface area contributed by atoms with E-state index in [4.69, 9.17) is 16.0 Å². The van der Waals surface area contributed by atoms with Gasteiger partial charge in [0, 0.05) is 22.5 Å². The summed E-state index contributed by atoms with van der Waals surface area (Å²) in [5, 5.41) is 4.44. The second-order valence-corrected chi connectivity index (χ2v) is 5.21. The number of benzene rings is 1. The van der Waals surface area contributed by atoms with Gasteiger partial charge in [-0.25, -0.2) is 0 Å². The average molecular weight is 266 g/mol. The van der Waals surface area contributed by atoms with Gasteiger partial charge < -0.3 is 9.73 Å². The molecule has 4 heteroatoms. The summed E-state index contributed by atoms with van der Waals surface area (Å²) in [6, 6.07) is 5.41. The third kappa shape index (κ3) is 3.05. The highest BCUT2D eigenvalue weighted by molar-refractivity contribution is 6.31. The first-order valence-corrected chi connectivity index (χ1v) is 6.36. The van der Waals surface area contributed by atoms with Crippen LogP contribution in [0.4, 0.5) is 0 Å². The molecule has 0 bridgehead atoms. The number of fused-ring (bicyclic) bond motifs is 1. The van der Waals surface area contributed by atoms with Gasteiger partial charge in [0.1, 0.15) is 5.58 Å². The van der Waals surface area contributed by atoms with Crippen molar-refractivity contribution in [2.45, 2.75) is 20.3 Å². The van der Waals surface area contributed by atoms with E-state index >= 15 is 0 Å². The van der Waals surface area contributed by atoms with Crippen molar-refractivity contribution in [3.8, 4) is 0 Å². The Morgan fingerprint density at radius 2 is 2.22 bits per heavy atom. The van der Waals surface area contributed by atoms with Crippen LogP contribution in [0.25, 0.3) is 11.0 Å². The molecule has 2 aromatic rings. The molecular formula is C14H16ClNO2. The van der Waals surface area contributed by atoms with Crippen molar-refractivity contribution < 1.29 is 9.21 Å². The Labute approximate surface area is 111 Å². The van der Waals surface area contributed by atoms with Crippen LogP contribution in [-0.4, -0.2) is 12.5 Å². The molecular weight excluding hydrogens is 250 g/mol. The van der Waals surface area contributed by atoms with Crippen LogP contribution in [0.2, 0.25) is 5.02 Å². The van der Waals surface area contributed by atoms with Gasteiger partial charge >= 0.3 is 0 Å². The minimum Gasteiger partial charge on any atom is -0.464 e. The monoisotopic (exact) mass is 265 g/mol. The molecule has 0 saturated heterocycles. The largest absolute Gasteiger partial charge is 0.464 e. The van der Waals surface area contributed by atoms with E-state index in [0.29, 0.717) is 23.9 Å². The van der Waals surface area contributed by atoms with Crippen molar-refractivity contribution >= 4 is 28.5 Å². The van der Waals surface area contributed by atoms with Gasteiger partial charge in [-0.1, -0.05) is 25.4 Å². The SMILES string of the molecule is CC(C)CNC(=O)Cc1coc2ccc(Cl)cc12. The van der Waals surface area contributed by atoms with Crippen molar-refractivity contribution in [2.75, 3.05) is 6.54 Å². The Bertz CT molecular complexity index is 560. The van der Waals surface area contributed by atoms with E-state index < -0.39 is 0 Å². The topological polar surface area (TPSA) is 42.2 Å². The molecule has 3 nitrogen and oxygen atoms in total. The van der Waals surface area contributed by atoms with E-state index in [1.165, 1.54) is 0 Å². The molecule has 1 amide bonds. The van der Waals surface area contributed by atoms with E-state index in [1.807, 2.05) is 12.1 Å². The zero-order valence-corrected chi connectivity index (χ0v) is 11.3. The fourth-order valence-electron chi connectivity index (χ4n) is 1.74. The van der Waals surface area contributed by atoms with Gasteiger partial charge in [0.05, 0.1) is 12.7 Å². The van der Waals surface area contributed by atoms with Crippen LogP contribution in [0.15, 0.2) is 28.9 Å². The van der Waals surface area contributed by atoms with E-state index in [0.717, 1.165) is 16.5 Å². The van der Waals surface area contributed by atoms with Gasteiger partial charge in [-0.2, -0.15) is 0 Å². The summed E-state index contributed by atoms with van der Waals surface area (Å²) < 4.78 is 5.39. The van der Waals surface area contributed by atoms with E-state index in [2.05, 4.69) is 19.2 Å². The second kappa shape index (κ2) is 5.44. The summed E-state index contributed by atoms with van der Waals surface area (Å²) >= 11 is 5.94. The first kappa shape index (κ1) is 13.0. The fourth-order valence-corrected chi connectivity index (χ4v) is 1.92. The number of hydrogen-bond donors (Lipinski definition) is 1. The molecule has 0 spiro atoms. The van der Waals surface area contributed by atoms with Crippen molar-refractivity contribution in [3.63, 3.8) is 0 Å². The summed E-state index contributed by atoms with van der Waals surface area (Å²) in [6.45, 7) is 4.82. The number of carbonyl (C=O) groups is 1. The number of hydrogen-bond acceptors (Lipinski definition) is 2. The predicted octanol–water partition coefficient (Wildman–Crippen LogP) is 3.40. The van der Waals surface area contributed by atoms with Crippen LogP contribution in [0.1, 0.15) is 19.4 Å². The first-order chi connectivity index (χ1) is 8.56. The van der Waals surface area contributed by atoms with E-state index in [-0.39, 0.29) is 5.91 Å². The molecule has 1 aromatic heterocycles. The minimum atomic E-state index is 0.00590. The maximum atomic E-state index is 11.8. The van der Waals surface area contributed by atoms with Gasteiger partial charge in [0.15, 0.2) is 0 Å². The lowest BCUT2D eigenvalue weighted by Gasteiger charge is -2.06. The van der Waals surface area contributed by atoms with Crippen LogP contribution < -0.4 is 5.32 Å². The maximum Gasteiger partial charge on any atom is 0.224 e. The molecule has 0 saturated carbocycles. The smallest absolute Gasteiger partial charge is 0.224 e. The molecule has 0 atom stereocenters. The lowest BCUT2D eigenvalue weighted by Crippen LogP contribution is -2.28. The molecule has 1 heterocycles. The first-order valence-electron chi connectivity index (χ1n) is 5.98. The Hall–Kier alpha value is -1.48. The highest BCUT2D eigenvalue weighted by Crippen LogP contribution is 2.24. The molecule has 18 heavy (non-hydrogen) atoms. The molecule has 0 aliphatic carbocycles. The molecule has 1 N–H and O–H groups in total. The van der Waals surface area contributed by atoms with Crippen LogP contribution in [0, 0.1) is 5.92 Å². The summed E-state index contributed by atoms with van der Waals surface area (Å²) in [5.74, 6) is 0.455. The third-order valence-corrected chi connectivity index (χ3v) is 2.91. The van der Waals surface area contributed by atoms with E-state index in [9.17, 15) is 4.79 Å². The zero-order valence-electron chi connectivity index (χ0n) is 10.5. The second-order valence-electron chi connectivity index (χ2n) is 4.78. The summed E-state index contributed by atoms with van der Waals surface area (Å²) in [4.78, 5) is 11.8. The Kier molecular flexibility index (Phi) is 3.92. The van der Waals surface area contributed by atoms with Gasteiger partial charge in [-0.3, -0.25) is 4.79 Å². The normalized spacial score (nSPS) is 11.1. The molecule has 96 valence electrons. The summed E-state index contributed by atoms with van der Waals surface area (Å²) in [6.07, 6.45) is 1.94. The molecule has 0 radical (unpaired) electrons.